The van der Waals surface area contributed by atoms with Gasteiger partial charge in [-0.15, -0.1) is 0 Å². The number of unbranched alkanes of at least 4 members (excludes halogenated alkanes) is 2. The van der Waals surface area contributed by atoms with Crippen molar-refractivity contribution in [2.24, 2.45) is 0 Å². The van der Waals surface area contributed by atoms with Crippen molar-refractivity contribution >= 4 is 6.47 Å². The fraction of sp³-hybridized carbons (Fsp3) is 0.900. The molecule has 1 N–H and O–H groups in total. The van der Waals surface area contributed by atoms with E-state index in [9.17, 15) is 4.79 Å². The summed E-state index contributed by atoms with van der Waals surface area (Å²) < 4.78 is 4.92. The second-order valence-electron chi connectivity index (χ2n) is 3.22. The molecule has 78 valence electrons. The molecule has 0 bridgehead atoms. The molecule has 0 aromatic carbocycles. The van der Waals surface area contributed by atoms with E-state index in [2.05, 4.69) is 6.92 Å². The highest BCUT2D eigenvalue weighted by Crippen LogP contribution is 2.10. The number of hydrogen-bond donors (Lipinski definition) is 1. The lowest BCUT2D eigenvalue weighted by Crippen LogP contribution is -2.11. The standard InChI is InChI=1S/C10H20O3/c1-2-6-10(13-9-12)7-4-3-5-8-11/h9-11H,2-8H2,1H3. The number of aliphatic hydroxyl groups is 1. The van der Waals surface area contributed by atoms with E-state index in [-0.39, 0.29) is 12.7 Å². The highest BCUT2D eigenvalue weighted by molar-refractivity contribution is 5.37. The molecule has 0 radical (unpaired) electrons. The van der Waals surface area contributed by atoms with Gasteiger partial charge in [-0.05, 0) is 25.7 Å². The zero-order chi connectivity index (χ0) is 9.94. The molecule has 13 heavy (non-hydrogen) atoms. The van der Waals surface area contributed by atoms with Crippen LogP contribution in [0.2, 0.25) is 0 Å². The van der Waals surface area contributed by atoms with Crippen LogP contribution < -0.4 is 0 Å². The van der Waals surface area contributed by atoms with Gasteiger partial charge >= 0.3 is 0 Å². The number of hydrogen-bond acceptors (Lipinski definition) is 3. The maximum atomic E-state index is 10.1. The zero-order valence-electron chi connectivity index (χ0n) is 8.37. The van der Waals surface area contributed by atoms with E-state index in [1.165, 1.54) is 0 Å². The molecular formula is C10H20O3. The van der Waals surface area contributed by atoms with Crippen LogP contribution in [0, 0.1) is 0 Å². The fourth-order valence-electron chi connectivity index (χ4n) is 1.34. The Kier molecular flexibility index (Phi) is 9.10. The lowest BCUT2D eigenvalue weighted by molar-refractivity contribution is -0.134. The van der Waals surface area contributed by atoms with E-state index in [0.717, 1.165) is 38.5 Å². The predicted octanol–water partition coefficient (Wildman–Crippen LogP) is 1.88. The van der Waals surface area contributed by atoms with Gasteiger partial charge in [0.15, 0.2) is 0 Å². The summed E-state index contributed by atoms with van der Waals surface area (Å²) in [5.74, 6) is 0. The van der Waals surface area contributed by atoms with Gasteiger partial charge in [0.2, 0.25) is 0 Å². The SMILES string of the molecule is CCCC(CCCCCO)OC=O. The highest BCUT2D eigenvalue weighted by atomic mass is 16.5. The van der Waals surface area contributed by atoms with Crippen LogP contribution in [0.5, 0.6) is 0 Å². The van der Waals surface area contributed by atoms with Gasteiger partial charge in [0.1, 0.15) is 6.10 Å². The molecular weight excluding hydrogens is 168 g/mol. The molecule has 0 fully saturated rings. The summed E-state index contributed by atoms with van der Waals surface area (Å²) in [6.07, 6.45) is 5.88. The summed E-state index contributed by atoms with van der Waals surface area (Å²) in [6.45, 7) is 2.87. The molecule has 0 rings (SSSR count). The van der Waals surface area contributed by atoms with Crippen LogP contribution in [0.25, 0.3) is 0 Å². The van der Waals surface area contributed by atoms with Crippen LogP contribution in [0.3, 0.4) is 0 Å². The summed E-state index contributed by atoms with van der Waals surface area (Å²) in [7, 11) is 0. The Morgan fingerprint density at radius 3 is 2.62 bits per heavy atom. The molecule has 3 nitrogen and oxygen atoms in total. The third kappa shape index (κ3) is 7.78. The third-order valence-corrected chi connectivity index (χ3v) is 2.04. The van der Waals surface area contributed by atoms with Gasteiger partial charge in [-0.2, -0.15) is 0 Å². The molecule has 3 heteroatoms. The van der Waals surface area contributed by atoms with Crippen LogP contribution in [0.1, 0.15) is 45.4 Å². The maximum Gasteiger partial charge on any atom is 0.293 e. The smallest absolute Gasteiger partial charge is 0.293 e. The number of carbonyl (C=O) groups excluding carboxylic acids is 1. The summed E-state index contributed by atoms with van der Waals surface area (Å²) in [5.41, 5.74) is 0. The number of rotatable bonds is 9. The highest BCUT2D eigenvalue weighted by Gasteiger charge is 2.06. The van der Waals surface area contributed by atoms with Crippen molar-refractivity contribution in [3.8, 4) is 0 Å². The summed E-state index contributed by atoms with van der Waals surface area (Å²) in [4.78, 5) is 10.1. The molecule has 0 aromatic heterocycles. The van der Waals surface area contributed by atoms with E-state index in [1.54, 1.807) is 0 Å². The quantitative estimate of drug-likeness (QED) is 0.444. The topological polar surface area (TPSA) is 46.5 Å². The van der Waals surface area contributed by atoms with Crippen molar-refractivity contribution < 1.29 is 14.6 Å². The Labute approximate surface area is 80.1 Å². The van der Waals surface area contributed by atoms with E-state index in [0.29, 0.717) is 6.47 Å². The lowest BCUT2D eigenvalue weighted by atomic mass is 10.1. The minimum atomic E-state index is 0.0844. The van der Waals surface area contributed by atoms with Gasteiger partial charge in [-0.25, -0.2) is 0 Å². The molecule has 0 saturated carbocycles. The van der Waals surface area contributed by atoms with Crippen LogP contribution >= 0.6 is 0 Å². The van der Waals surface area contributed by atoms with Crippen molar-refractivity contribution in [1.82, 2.24) is 0 Å². The third-order valence-electron chi connectivity index (χ3n) is 2.04. The molecule has 0 aromatic rings. The van der Waals surface area contributed by atoms with Gasteiger partial charge in [-0.1, -0.05) is 19.8 Å². The van der Waals surface area contributed by atoms with E-state index >= 15 is 0 Å². The molecule has 0 aliphatic carbocycles. The minimum absolute atomic E-state index is 0.0844. The van der Waals surface area contributed by atoms with Crippen molar-refractivity contribution in [2.45, 2.75) is 51.6 Å². The van der Waals surface area contributed by atoms with Gasteiger partial charge in [0.05, 0.1) is 0 Å². The van der Waals surface area contributed by atoms with Crippen molar-refractivity contribution in [1.29, 1.82) is 0 Å². The number of aliphatic hydroxyl groups excluding tert-OH is 1. The van der Waals surface area contributed by atoms with Crippen molar-refractivity contribution in [3.63, 3.8) is 0 Å². The first-order valence-electron chi connectivity index (χ1n) is 5.05. The van der Waals surface area contributed by atoms with Gasteiger partial charge < -0.3 is 9.84 Å². The van der Waals surface area contributed by atoms with Crippen molar-refractivity contribution in [3.05, 3.63) is 0 Å². The van der Waals surface area contributed by atoms with E-state index < -0.39 is 0 Å². The van der Waals surface area contributed by atoms with Gasteiger partial charge in [0, 0.05) is 6.61 Å². The number of carbonyl (C=O) groups is 1. The average molecular weight is 188 g/mol. The molecule has 0 amide bonds. The van der Waals surface area contributed by atoms with E-state index in [4.69, 9.17) is 9.84 Å². The summed E-state index contributed by atoms with van der Waals surface area (Å²) in [6, 6.07) is 0. The second kappa shape index (κ2) is 9.52. The Morgan fingerprint density at radius 2 is 2.08 bits per heavy atom. The molecule has 0 spiro atoms. The first-order chi connectivity index (χ1) is 6.35. The monoisotopic (exact) mass is 188 g/mol. The average Bonchev–Trinajstić information content (AvgIpc) is 2.13. The van der Waals surface area contributed by atoms with Crippen LogP contribution in [-0.4, -0.2) is 24.3 Å². The first-order valence-corrected chi connectivity index (χ1v) is 5.05. The molecule has 1 atom stereocenters. The molecule has 1 unspecified atom stereocenters. The normalized spacial score (nSPS) is 12.5. The maximum absolute atomic E-state index is 10.1. The van der Waals surface area contributed by atoms with Crippen molar-refractivity contribution in [2.75, 3.05) is 6.61 Å². The summed E-state index contributed by atoms with van der Waals surface area (Å²) in [5, 5.41) is 8.55. The van der Waals surface area contributed by atoms with E-state index in [1.807, 2.05) is 0 Å². The molecule has 0 aliphatic heterocycles. The zero-order valence-corrected chi connectivity index (χ0v) is 8.37. The largest absolute Gasteiger partial charge is 0.465 e. The van der Waals surface area contributed by atoms with Crippen LogP contribution in [0.15, 0.2) is 0 Å². The molecule has 0 saturated heterocycles. The predicted molar refractivity (Wildman–Crippen MR) is 51.4 cm³/mol. The molecule has 0 aliphatic rings. The van der Waals surface area contributed by atoms with Gasteiger partial charge in [-0.3, -0.25) is 4.79 Å². The fourth-order valence-corrected chi connectivity index (χ4v) is 1.34. The second-order valence-corrected chi connectivity index (χ2v) is 3.22. The van der Waals surface area contributed by atoms with Crippen LogP contribution in [0.4, 0.5) is 0 Å². The Morgan fingerprint density at radius 1 is 1.31 bits per heavy atom. The van der Waals surface area contributed by atoms with Crippen LogP contribution in [-0.2, 0) is 9.53 Å². The lowest BCUT2D eigenvalue weighted by Gasteiger charge is -2.13. The minimum Gasteiger partial charge on any atom is -0.465 e. The molecule has 0 heterocycles. The summed E-state index contributed by atoms with van der Waals surface area (Å²) >= 11 is 0. The first kappa shape index (κ1) is 12.4. The van der Waals surface area contributed by atoms with Gasteiger partial charge in [0.25, 0.3) is 6.47 Å². The Hall–Kier alpha value is -0.570. The number of ether oxygens (including phenoxy) is 1. The Balaban J connectivity index is 3.38. The Bertz CT molecular complexity index is 115.